The van der Waals surface area contributed by atoms with E-state index in [4.69, 9.17) is 11.6 Å². The average Bonchev–Trinajstić information content (AvgIpc) is 3.03. The zero-order valence-corrected chi connectivity index (χ0v) is 11.5. The first-order chi connectivity index (χ1) is 9.58. The lowest BCUT2D eigenvalue weighted by atomic mass is 10.1. The van der Waals surface area contributed by atoms with E-state index in [2.05, 4.69) is 0 Å². The first-order valence-corrected chi connectivity index (χ1v) is 6.89. The van der Waals surface area contributed by atoms with Crippen LogP contribution in [0.3, 0.4) is 0 Å². The van der Waals surface area contributed by atoms with Gasteiger partial charge in [-0.3, -0.25) is 19.3 Å². The molecule has 0 atom stereocenters. The lowest BCUT2D eigenvalue weighted by Crippen LogP contribution is -2.41. The Labute approximate surface area is 121 Å². The fraction of sp³-hybridized carbons (Fsp3) is 0.357. The highest BCUT2D eigenvalue weighted by molar-refractivity contribution is 6.53. The second kappa shape index (κ2) is 4.90. The predicted octanol–water partition coefficient (Wildman–Crippen LogP) is 1.49. The molecular formula is C14H13ClN2O3. The van der Waals surface area contributed by atoms with Crippen molar-refractivity contribution in [2.45, 2.75) is 12.8 Å². The van der Waals surface area contributed by atoms with Crippen molar-refractivity contribution in [1.29, 1.82) is 0 Å². The average molecular weight is 293 g/mol. The summed E-state index contributed by atoms with van der Waals surface area (Å²) in [7, 11) is 0. The number of Topliss-reactive ketones (excluding diaryl/α,β-unsaturated/α-hetero) is 1. The number of anilines is 1. The normalized spacial score (nSPS) is 17.9. The molecule has 0 spiro atoms. The van der Waals surface area contributed by atoms with Gasteiger partial charge in [-0.1, -0.05) is 11.6 Å². The first kappa shape index (κ1) is 13.1. The van der Waals surface area contributed by atoms with E-state index in [1.165, 1.54) is 11.0 Å². The Bertz CT molecular complexity index is 608. The van der Waals surface area contributed by atoms with Crippen molar-refractivity contribution in [3.05, 3.63) is 28.8 Å². The summed E-state index contributed by atoms with van der Waals surface area (Å²) in [6.45, 7) is 1.36. The molecule has 1 saturated heterocycles. The van der Waals surface area contributed by atoms with E-state index in [9.17, 15) is 14.4 Å². The summed E-state index contributed by atoms with van der Waals surface area (Å²) in [4.78, 5) is 39.0. The number of amides is 2. The molecule has 0 unspecified atom stereocenters. The molecule has 1 aromatic rings. The number of hydrogen-bond acceptors (Lipinski definition) is 3. The van der Waals surface area contributed by atoms with Gasteiger partial charge in [0.1, 0.15) is 6.54 Å². The number of benzene rings is 1. The smallest absolute Gasteiger partial charge is 0.299 e. The van der Waals surface area contributed by atoms with Crippen molar-refractivity contribution in [3.63, 3.8) is 0 Å². The van der Waals surface area contributed by atoms with Crippen molar-refractivity contribution < 1.29 is 14.4 Å². The van der Waals surface area contributed by atoms with E-state index in [0.29, 0.717) is 10.7 Å². The van der Waals surface area contributed by atoms with Crippen molar-refractivity contribution in [3.8, 4) is 0 Å². The number of carbonyl (C=O) groups excluding carboxylic acids is 3. The summed E-state index contributed by atoms with van der Waals surface area (Å²) in [6.07, 6.45) is 1.98. The standard InChI is InChI=1S/C14H13ClN2O3/c15-9-3-4-11-10(7-9)13(19)14(20)17(11)8-12(18)16-5-1-2-6-16/h3-4,7H,1-2,5-6,8H2. The van der Waals surface area contributed by atoms with Crippen LogP contribution in [0.1, 0.15) is 23.2 Å². The molecule has 104 valence electrons. The van der Waals surface area contributed by atoms with E-state index < -0.39 is 11.7 Å². The molecule has 1 fully saturated rings. The Morgan fingerprint density at radius 2 is 1.90 bits per heavy atom. The third-order valence-corrected chi connectivity index (χ3v) is 3.92. The summed E-state index contributed by atoms with van der Waals surface area (Å²) < 4.78 is 0. The summed E-state index contributed by atoms with van der Waals surface area (Å²) in [5.74, 6) is -1.38. The maximum absolute atomic E-state index is 12.1. The molecule has 0 radical (unpaired) electrons. The van der Waals surface area contributed by atoms with Gasteiger partial charge in [0.2, 0.25) is 5.91 Å². The van der Waals surface area contributed by atoms with Gasteiger partial charge < -0.3 is 4.90 Å². The van der Waals surface area contributed by atoms with Crippen LogP contribution in [-0.2, 0) is 9.59 Å². The molecule has 0 bridgehead atoms. The molecule has 2 heterocycles. The molecule has 1 aromatic carbocycles. The number of carbonyl (C=O) groups is 3. The number of fused-ring (bicyclic) bond motifs is 1. The van der Waals surface area contributed by atoms with Crippen molar-refractivity contribution in [2.75, 3.05) is 24.5 Å². The summed E-state index contributed by atoms with van der Waals surface area (Å²) >= 11 is 5.84. The third kappa shape index (κ3) is 2.08. The molecule has 2 amide bonds. The van der Waals surface area contributed by atoms with E-state index in [1.807, 2.05) is 0 Å². The molecule has 2 aliphatic rings. The van der Waals surface area contributed by atoms with Gasteiger partial charge in [-0.2, -0.15) is 0 Å². The number of halogens is 1. The predicted molar refractivity (Wildman–Crippen MR) is 73.9 cm³/mol. The van der Waals surface area contributed by atoms with Crippen molar-refractivity contribution in [2.24, 2.45) is 0 Å². The number of rotatable bonds is 2. The Hall–Kier alpha value is -1.88. The molecule has 20 heavy (non-hydrogen) atoms. The van der Waals surface area contributed by atoms with Gasteiger partial charge in [0, 0.05) is 18.1 Å². The zero-order chi connectivity index (χ0) is 14.3. The minimum absolute atomic E-state index is 0.0841. The second-order valence-electron chi connectivity index (χ2n) is 4.97. The van der Waals surface area contributed by atoms with Crippen LogP contribution < -0.4 is 4.90 Å². The van der Waals surface area contributed by atoms with Crippen LogP contribution in [0.5, 0.6) is 0 Å². The highest BCUT2D eigenvalue weighted by atomic mass is 35.5. The molecule has 6 heteroatoms. The second-order valence-corrected chi connectivity index (χ2v) is 5.41. The summed E-state index contributed by atoms with van der Waals surface area (Å²) in [5, 5.41) is 0.401. The van der Waals surface area contributed by atoms with E-state index in [-0.39, 0.29) is 18.0 Å². The fourth-order valence-electron chi connectivity index (χ4n) is 2.63. The lowest BCUT2D eigenvalue weighted by Gasteiger charge is -2.21. The van der Waals surface area contributed by atoms with Gasteiger partial charge >= 0.3 is 0 Å². The molecule has 0 aliphatic carbocycles. The van der Waals surface area contributed by atoms with Gasteiger partial charge in [0.25, 0.3) is 11.7 Å². The molecule has 3 rings (SSSR count). The largest absolute Gasteiger partial charge is 0.341 e. The maximum Gasteiger partial charge on any atom is 0.299 e. The van der Waals surface area contributed by atoms with Crippen LogP contribution in [-0.4, -0.2) is 42.1 Å². The van der Waals surface area contributed by atoms with Gasteiger partial charge in [-0.05, 0) is 31.0 Å². The Balaban J connectivity index is 1.85. The molecular weight excluding hydrogens is 280 g/mol. The van der Waals surface area contributed by atoms with Gasteiger partial charge in [0.05, 0.1) is 11.3 Å². The number of nitrogens with zero attached hydrogens (tertiary/aromatic N) is 2. The van der Waals surface area contributed by atoms with Crippen LogP contribution in [0, 0.1) is 0 Å². The third-order valence-electron chi connectivity index (χ3n) is 3.69. The van der Waals surface area contributed by atoms with Crippen LogP contribution in [0.4, 0.5) is 5.69 Å². The summed E-state index contributed by atoms with van der Waals surface area (Å²) in [6, 6.07) is 4.69. The minimum atomic E-state index is -0.658. The van der Waals surface area contributed by atoms with E-state index >= 15 is 0 Å². The van der Waals surface area contributed by atoms with Crippen molar-refractivity contribution in [1.82, 2.24) is 4.90 Å². The van der Waals surface area contributed by atoms with E-state index in [1.54, 1.807) is 17.0 Å². The first-order valence-electron chi connectivity index (χ1n) is 6.51. The molecule has 0 saturated carbocycles. The minimum Gasteiger partial charge on any atom is -0.341 e. The Kier molecular flexibility index (Phi) is 3.22. The highest BCUT2D eigenvalue weighted by Gasteiger charge is 2.37. The monoisotopic (exact) mass is 292 g/mol. The quantitative estimate of drug-likeness (QED) is 0.776. The summed E-state index contributed by atoms with van der Waals surface area (Å²) in [5.41, 5.74) is 0.744. The van der Waals surface area contributed by atoms with Gasteiger partial charge in [-0.15, -0.1) is 0 Å². The molecule has 0 aromatic heterocycles. The van der Waals surface area contributed by atoms with Crippen molar-refractivity contribution >= 4 is 34.9 Å². The molecule has 5 nitrogen and oxygen atoms in total. The van der Waals surface area contributed by atoms with Gasteiger partial charge in [-0.25, -0.2) is 0 Å². The van der Waals surface area contributed by atoms with Gasteiger partial charge in [0.15, 0.2) is 0 Å². The zero-order valence-electron chi connectivity index (χ0n) is 10.8. The fourth-order valence-corrected chi connectivity index (χ4v) is 2.80. The number of ketones is 1. The van der Waals surface area contributed by atoms with Crippen LogP contribution in [0.15, 0.2) is 18.2 Å². The molecule has 0 N–H and O–H groups in total. The van der Waals surface area contributed by atoms with Crippen LogP contribution >= 0.6 is 11.6 Å². The Morgan fingerprint density at radius 3 is 2.60 bits per heavy atom. The Morgan fingerprint density at radius 1 is 1.20 bits per heavy atom. The van der Waals surface area contributed by atoms with Crippen LogP contribution in [0.2, 0.25) is 5.02 Å². The maximum atomic E-state index is 12.1. The van der Waals surface area contributed by atoms with Crippen LogP contribution in [0.25, 0.3) is 0 Å². The number of likely N-dealkylation sites (tertiary alicyclic amines) is 1. The molecule has 2 aliphatic heterocycles. The lowest BCUT2D eigenvalue weighted by molar-refractivity contribution is -0.129. The number of hydrogen-bond donors (Lipinski definition) is 0. The SMILES string of the molecule is O=C1C(=O)N(CC(=O)N2CCCC2)c2ccc(Cl)cc21. The van der Waals surface area contributed by atoms with E-state index in [0.717, 1.165) is 25.9 Å². The highest BCUT2D eigenvalue weighted by Crippen LogP contribution is 2.31. The topological polar surface area (TPSA) is 57.7 Å².